The molecule has 0 aliphatic heterocycles. The van der Waals surface area contributed by atoms with Crippen molar-refractivity contribution in [3.05, 3.63) is 23.7 Å². The van der Waals surface area contributed by atoms with Gasteiger partial charge in [0, 0.05) is 33.0 Å². The molecule has 0 atom stereocenters. The Morgan fingerprint density at radius 2 is 2.17 bits per heavy atom. The number of hydrogen-bond donors (Lipinski definition) is 1. The fourth-order valence-corrected chi connectivity index (χ4v) is 1.69. The second kappa shape index (κ2) is 5.14. The third-order valence-electron chi connectivity index (χ3n) is 2.80. The van der Waals surface area contributed by atoms with Crippen LogP contribution in [-0.4, -0.2) is 33.9 Å². The van der Waals surface area contributed by atoms with Crippen molar-refractivity contribution in [1.82, 2.24) is 19.7 Å². The summed E-state index contributed by atoms with van der Waals surface area (Å²) in [6.07, 6.45) is 1.78. The van der Waals surface area contributed by atoms with Crippen molar-refractivity contribution in [3.63, 3.8) is 0 Å². The lowest BCUT2D eigenvalue weighted by atomic mass is 10.2. The van der Waals surface area contributed by atoms with Gasteiger partial charge >= 0.3 is 0 Å². The van der Waals surface area contributed by atoms with Crippen molar-refractivity contribution in [3.8, 4) is 11.4 Å². The van der Waals surface area contributed by atoms with E-state index in [9.17, 15) is 0 Å². The molecule has 0 bridgehead atoms. The minimum Gasteiger partial charge on any atom is -0.378 e. The first kappa shape index (κ1) is 12.5. The largest absolute Gasteiger partial charge is 0.378 e. The van der Waals surface area contributed by atoms with Gasteiger partial charge in [-0.3, -0.25) is 4.68 Å². The lowest BCUT2D eigenvalue weighted by Gasteiger charge is -2.07. The van der Waals surface area contributed by atoms with E-state index < -0.39 is 0 Å². The van der Waals surface area contributed by atoms with E-state index in [1.54, 1.807) is 18.0 Å². The molecule has 6 heteroatoms. The minimum absolute atomic E-state index is 0.462. The summed E-state index contributed by atoms with van der Waals surface area (Å²) in [5.41, 5.74) is 2.81. The Bertz CT molecular complexity index is 549. The van der Waals surface area contributed by atoms with Crippen molar-refractivity contribution in [2.45, 2.75) is 13.5 Å². The second-order valence-electron chi connectivity index (χ2n) is 4.02. The third kappa shape index (κ3) is 2.33. The molecule has 0 unspecified atom stereocenters. The number of methoxy groups -OCH3 is 1. The van der Waals surface area contributed by atoms with Gasteiger partial charge in [0.2, 0.25) is 0 Å². The number of rotatable bonds is 4. The fraction of sp³-hybridized carbons (Fsp3) is 0.417. The van der Waals surface area contributed by atoms with Crippen molar-refractivity contribution in [1.29, 1.82) is 0 Å². The molecular formula is C12H17N5O. The molecule has 96 valence electrons. The molecule has 18 heavy (non-hydrogen) atoms. The lowest BCUT2D eigenvalue weighted by molar-refractivity contribution is 0.181. The molecule has 2 rings (SSSR count). The first-order chi connectivity index (χ1) is 8.65. The van der Waals surface area contributed by atoms with Gasteiger partial charge in [-0.25, -0.2) is 9.97 Å². The van der Waals surface area contributed by atoms with Gasteiger partial charge in [-0.05, 0) is 6.92 Å². The standard InChI is InChI=1S/C12H17N5O/c1-8-10(6-14-17(8)3)12-15-9(7-18-4)5-11(13-2)16-12/h5-6H,7H2,1-4H3,(H,13,15,16). The van der Waals surface area contributed by atoms with Gasteiger partial charge in [0.05, 0.1) is 24.1 Å². The highest BCUT2D eigenvalue weighted by Crippen LogP contribution is 2.21. The maximum Gasteiger partial charge on any atom is 0.165 e. The number of aromatic nitrogens is 4. The van der Waals surface area contributed by atoms with E-state index in [2.05, 4.69) is 20.4 Å². The second-order valence-corrected chi connectivity index (χ2v) is 4.02. The molecule has 6 nitrogen and oxygen atoms in total. The van der Waals surface area contributed by atoms with Crippen molar-refractivity contribution in [2.24, 2.45) is 7.05 Å². The van der Waals surface area contributed by atoms with Crippen LogP contribution in [0, 0.1) is 6.92 Å². The topological polar surface area (TPSA) is 64.9 Å². The Labute approximate surface area is 106 Å². The predicted molar refractivity (Wildman–Crippen MR) is 69.2 cm³/mol. The summed E-state index contributed by atoms with van der Waals surface area (Å²) >= 11 is 0. The van der Waals surface area contributed by atoms with Gasteiger partial charge in [-0.1, -0.05) is 0 Å². The smallest absolute Gasteiger partial charge is 0.165 e. The van der Waals surface area contributed by atoms with E-state index in [4.69, 9.17) is 4.74 Å². The van der Waals surface area contributed by atoms with Crippen LogP contribution in [0.4, 0.5) is 5.82 Å². The van der Waals surface area contributed by atoms with E-state index in [1.165, 1.54) is 0 Å². The molecular weight excluding hydrogens is 230 g/mol. The van der Waals surface area contributed by atoms with Gasteiger partial charge in [0.1, 0.15) is 5.82 Å². The first-order valence-electron chi connectivity index (χ1n) is 5.69. The molecule has 0 aromatic carbocycles. The van der Waals surface area contributed by atoms with Gasteiger partial charge in [0.15, 0.2) is 5.82 Å². The molecule has 0 saturated carbocycles. The van der Waals surface area contributed by atoms with Crippen LogP contribution in [0.1, 0.15) is 11.4 Å². The van der Waals surface area contributed by atoms with E-state index in [-0.39, 0.29) is 0 Å². The zero-order valence-corrected chi connectivity index (χ0v) is 11.1. The maximum atomic E-state index is 5.11. The number of nitrogens with zero attached hydrogens (tertiary/aromatic N) is 4. The predicted octanol–water partition coefficient (Wildman–Crippen LogP) is 1.37. The Morgan fingerprint density at radius 1 is 1.39 bits per heavy atom. The summed E-state index contributed by atoms with van der Waals surface area (Å²) in [7, 11) is 5.38. The normalized spacial score (nSPS) is 10.7. The number of anilines is 1. The molecule has 0 spiro atoms. The quantitative estimate of drug-likeness (QED) is 0.884. The molecule has 0 saturated heterocycles. The Balaban J connectivity index is 2.49. The average Bonchev–Trinajstić information content (AvgIpc) is 2.70. The van der Waals surface area contributed by atoms with E-state index >= 15 is 0 Å². The number of aryl methyl sites for hydroxylation is 1. The maximum absolute atomic E-state index is 5.11. The van der Waals surface area contributed by atoms with Crippen LogP contribution < -0.4 is 5.32 Å². The molecule has 0 amide bonds. The summed E-state index contributed by atoms with van der Waals surface area (Å²) in [4.78, 5) is 8.93. The molecule has 2 aromatic rings. The highest BCUT2D eigenvalue weighted by Gasteiger charge is 2.11. The first-order valence-corrected chi connectivity index (χ1v) is 5.69. The summed E-state index contributed by atoms with van der Waals surface area (Å²) in [6, 6.07) is 1.87. The van der Waals surface area contributed by atoms with Crippen LogP contribution in [-0.2, 0) is 18.4 Å². The monoisotopic (exact) mass is 247 g/mol. The minimum atomic E-state index is 0.462. The van der Waals surface area contributed by atoms with Crippen molar-refractivity contribution >= 4 is 5.82 Å². The lowest BCUT2D eigenvalue weighted by Crippen LogP contribution is -2.02. The molecule has 0 fully saturated rings. The summed E-state index contributed by atoms with van der Waals surface area (Å²) in [6.45, 7) is 2.46. The fourth-order valence-electron chi connectivity index (χ4n) is 1.69. The Kier molecular flexibility index (Phi) is 3.57. The van der Waals surface area contributed by atoms with E-state index in [1.807, 2.05) is 27.1 Å². The van der Waals surface area contributed by atoms with Gasteiger partial charge < -0.3 is 10.1 Å². The molecule has 0 radical (unpaired) electrons. The van der Waals surface area contributed by atoms with Crippen molar-refractivity contribution < 1.29 is 4.74 Å². The average molecular weight is 247 g/mol. The molecule has 2 heterocycles. The molecule has 2 aromatic heterocycles. The van der Waals surface area contributed by atoms with Crippen LogP contribution >= 0.6 is 0 Å². The molecule has 0 aliphatic rings. The van der Waals surface area contributed by atoms with Gasteiger partial charge in [0.25, 0.3) is 0 Å². The van der Waals surface area contributed by atoms with Crippen LogP contribution in [0.3, 0.4) is 0 Å². The highest BCUT2D eigenvalue weighted by atomic mass is 16.5. The Hall–Kier alpha value is -1.95. The van der Waals surface area contributed by atoms with Gasteiger partial charge in [-0.15, -0.1) is 0 Å². The summed E-state index contributed by atoms with van der Waals surface area (Å²) < 4.78 is 6.92. The van der Waals surface area contributed by atoms with Crippen LogP contribution in [0.25, 0.3) is 11.4 Å². The highest BCUT2D eigenvalue weighted by molar-refractivity contribution is 5.59. The number of hydrogen-bond acceptors (Lipinski definition) is 5. The van der Waals surface area contributed by atoms with Gasteiger partial charge in [-0.2, -0.15) is 5.10 Å². The number of nitrogens with one attached hydrogen (secondary N) is 1. The zero-order chi connectivity index (χ0) is 13.1. The number of ether oxygens (including phenoxy) is 1. The summed E-state index contributed by atoms with van der Waals surface area (Å²) in [5, 5.41) is 7.24. The summed E-state index contributed by atoms with van der Waals surface area (Å²) in [5.74, 6) is 1.44. The third-order valence-corrected chi connectivity index (χ3v) is 2.80. The Morgan fingerprint density at radius 3 is 2.72 bits per heavy atom. The van der Waals surface area contributed by atoms with Crippen LogP contribution in [0.15, 0.2) is 12.3 Å². The van der Waals surface area contributed by atoms with Crippen LogP contribution in [0.2, 0.25) is 0 Å². The molecule has 0 aliphatic carbocycles. The van der Waals surface area contributed by atoms with Crippen molar-refractivity contribution in [2.75, 3.05) is 19.5 Å². The van der Waals surface area contributed by atoms with E-state index in [0.717, 1.165) is 22.8 Å². The van der Waals surface area contributed by atoms with Crippen LogP contribution in [0.5, 0.6) is 0 Å². The zero-order valence-electron chi connectivity index (χ0n) is 11.1. The SMILES string of the molecule is CNc1cc(COC)nc(-c2cnn(C)c2C)n1. The van der Waals surface area contributed by atoms with E-state index in [0.29, 0.717) is 12.4 Å². The molecule has 1 N–H and O–H groups in total.